The van der Waals surface area contributed by atoms with Gasteiger partial charge in [0.15, 0.2) is 0 Å². The summed E-state index contributed by atoms with van der Waals surface area (Å²) in [5.41, 5.74) is 2.47. The van der Waals surface area contributed by atoms with Crippen molar-refractivity contribution in [1.29, 1.82) is 5.26 Å². The van der Waals surface area contributed by atoms with E-state index in [1.54, 1.807) is 0 Å². The predicted molar refractivity (Wildman–Crippen MR) is 75.6 cm³/mol. The molecule has 0 saturated heterocycles. The lowest BCUT2D eigenvalue weighted by molar-refractivity contribution is 0.222. The molecular weight excluding hydrogens is 220 g/mol. The second kappa shape index (κ2) is 5.02. The summed E-state index contributed by atoms with van der Waals surface area (Å²) < 4.78 is 0. The fraction of sp³-hybridized carbons (Fsp3) is 0.562. The topological polar surface area (TPSA) is 27.0 Å². The molecule has 1 aliphatic carbocycles. The molecule has 0 atom stereocenters. The van der Waals surface area contributed by atoms with E-state index in [4.69, 9.17) is 5.26 Å². The molecule has 1 aliphatic rings. The molecule has 0 aromatic heterocycles. The largest absolute Gasteiger partial charge is 0.372 e. The molecule has 0 bridgehead atoms. The molecule has 0 amide bonds. The standard InChI is InChI=1S/C16H22N2/c1-16(2)10-8-15(9-11-16)18(3)14-6-4-13(12-17)5-7-14/h4-7,15H,8-11H2,1-3H3. The van der Waals surface area contributed by atoms with E-state index in [2.05, 4.69) is 44.0 Å². The summed E-state index contributed by atoms with van der Waals surface area (Å²) in [7, 11) is 2.17. The Morgan fingerprint density at radius 2 is 1.72 bits per heavy atom. The zero-order chi connectivity index (χ0) is 13.2. The van der Waals surface area contributed by atoms with Crippen LogP contribution in [0.1, 0.15) is 45.1 Å². The van der Waals surface area contributed by atoms with E-state index >= 15 is 0 Å². The van der Waals surface area contributed by atoms with E-state index in [-0.39, 0.29) is 0 Å². The van der Waals surface area contributed by atoms with Gasteiger partial charge in [-0.3, -0.25) is 0 Å². The third-order valence-corrected chi connectivity index (χ3v) is 4.26. The van der Waals surface area contributed by atoms with Gasteiger partial charge < -0.3 is 4.90 Å². The molecule has 18 heavy (non-hydrogen) atoms. The second-order valence-electron chi connectivity index (χ2n) is 6.16. The highest BCUT2D eigenvalue weighted by Gasteiger charge is 2.28. The van der Waals surface area contributed by atoms with Gasteiger partial charge in [-0.25, -0.2) is 0 Å². The Labute approximate surface area is 110 Å². The minimum atomic E-state index is 0.516. The van der Waals surface area contributed by atoms with Gasteiger partial charge in [-0.1, -0.05) is 13.8 Å². The first-order chi connectivity index (χ1) is 8.52. The summed E-state index contributed by atoms with van der Waals surface area (Å²) in [6.45, 7) is 4.73. The van der Waals surface area contributed by atoms with Gasteiger partial charge in [0.2, 0.25) is 0 Å². The van der Waals surface area contributed by atoms with E-state index in [1.807, 2.05) is 12.1 Å². The Hall–Kier alpha value is -1.49. The maximum Gasteiger partial charge on any atom is 0.0991 e. The van der Waals surface area contributed by atoms with E-state index in [9.17, 15) is 0 Å². The highest BCUT2D eigenvalue weighted by Crippen LogP contribution is 2.37. The summed E-state index contributed by atoms with van der Waals surface area (Å²) in [5, 5.41) is 8.81. The van der Waals surface area contributed by atoms with Crippen molar-refractivity contribution in [2.75, 3.05) is 11.9 Å². The van der Waals surface area contributed by atoms with Gasteiger partial charge >= 0.3 is 0 Å². The third kappa shape index (κ3) is 2.85. The zero-order valence-electron chi connectivity index (χ0n) is 11.6. The summed E-state index contributed by atoms with van der Waals surface area (Å²) in [6.07, 6.45) is 5.14. The number of hydrogen-bond donors (Lipinski definition) is 0. The Morgan fingerprint density at radius 1 is 1.17 bits per heavy atom. The first-order valence-corrected chi connectivity index (χ1v) is 6.75. The number of benzene rings is 1. The zero-order valence-corrected chi connectivity index (χ0v) is 11.6. The average molecular weight is 242 g/mol. The maximum atomic E-state index is 8.81. The summed E-state index contributed by atoms with van der Waals surface area (Å²) in [6, 6.07) is 10.7. The second-order valence-corrected chi connectivity index (χ2v) is 6.16. The quantitative estimate of drug-likeness (QED) is 0.784. The van der Waals surface area contributed by atoms with Crippen LogP contribution in [0, 0.1) is 16.7 Å². The van der Waals surface area contributed by atoms with Gasteiger partial charge in [0, 0.05) is 18.8 Å². The Kier molecular flexibility index (Phi) is 3.61. The molecule has 2 heteroatoms. The minimum absolute atomic E-state index is 0.516. The Morgan fingerprint density at radius 3 is 2.22 bits per heavy atom. The SMILES string of the molecule is CN(c1ccc(C#N)cc1)C1CCC(C)(C)CC1. The van der Waals surface area contributed by atoms with Gasteiger partial charge in [-0.15, -0.1) is 0 Å². The van der Waals surface area contributed by atoms with Crippen LogP contribution in [0.4, 0.5) is 5.69 Å². The van der Waals surface area contributed by atoms with E-state index in [0.717, 1.165) is 5.56 Å². The van der Waals surface area contributed by atoms with Crippen LogP contribution in [0.5, 0.6) is 0 Å². The van der Waals surface area contributed by atoms with E-state index in [0.29, 0.717) is 11.5 Å². The van der Waals surface area contributed by atoms with Crippen molar-refractivity contribution in [2.45, 2.75) is 45.6 Å². The molecule has 0 spiro atoms. The van der Waals surface area contributed by atoms with Crippen molar-refractivity contribution in [3.05, 3.63) is 29.8 Å². The molecule has 0 unspecified atom stereocenters. The van der Waals surface area contributed by atoms with Gasteiger partial charge in [-0.05, 0) is 55.4 Å². The number of nitrogens with zero attached hydrogens (tertiary/aromatic N) is 2. The first-order valence-electron chi connectivity index (χ1n) is 6.75. The molecule has 1 fully saturated rings. The number of hydrogen-bond acceptors (Lipinski definition) is 2. The van der Waals surface area contributed by atoms with Crippen LogP contribution in [0.15, 0.2) is 24.3 Å². The molecule has 2 nitrogen and oxygen atoms in total. The van der Waals surface area contributed by atoms with Crippen LogP contribution in [0.3, 0.4) is 0 Å². The molecule has 1 aromatic rings. The predicted octanol–water partition coefficient (Wildman–Crippen LogP) is 3.96. The molecule has 0 heterocycles. The number of nitriles is 1. The molecule has 0 N–H and O–H groups in total. The molecule has 1 aromatic carbocycles. The number of rotatable bonds is 2. The highest BCUT2D eigenvalue weighted by molar-refractivity contribution is 5.49. The lowest BCUT2D eigenvalue weighted by Crippen LogP contribution is -2.37. The fourth-order valence-electron chi connectivity index (χ4n) is 2.75. The van der Waals surface area contributed by atoms with Gasteiger partial charge in [0.05, 0.1) is 11.6 Å². The maximum absolute atomic E-state index is 8.81. The lowest BCUT2D eigenvalue weighted by atomic mass is 9.75. The van der Waals surface area contributed by atoms with Crippen molar-refractivity contribution >= 4 is 5.69 Å². The monoisotopic (exact) mass is 242 g/mol. The van der Waals surface area contributed by atoms with Crippen molar-refractivity contribution in [3.8, 4) is 6.07 Å². The fourth-order valence-corrected chi connectivity index (χ4v) is 2.75. The Balaban J connectivity index is 2.03. The van der Waals surface area contributed by atoms with Crippen LogP contribution < -0.4 is 4.90 Å². The molecule has 96 valence electrons. The first kappa shape index (κ1) is 13.0. The van der Waals surface area contributed by atoms with Crippen LogP contribution >= 0.6 is 0 Å². The minimum Gasteiger partial charge on any atom is -0.372 e. The number of anilines is 1. The van der Waals surface area contributed by atoms with Gasteiger partial charge in [0.1, 0.15) is 0 Å². The van der Waals surface area contributed by atoms with Gasteiger partial charge in [0.25, 0.3) is 0 Å². The van der Waals surface area contributed by atoms with E-state index in [1.165, 1.54) is 31.4 Å². The van der Waals surface area contributed by atoms with Crippen LogP contribution in [0.25, 0.3) is 0 Å². The Bertz CT molecular complexity index is 429. The summed E-state index contributed by atoms with van der Waals surface area (Å²) >= 11 is 0. The molecule has 2 rings (SSSR count). The molecule has 0 radical (unpaired) electrons. The third-order valence-electron chi connectivity index (χ3n) is 4.26. The van der Waals surface area contributed by atoms with Crippen LogP contribution in [0.2, 0.25) is 0 Å². The van der Waals surface area contributed by atoms with Crippen molar-refractivity contribution in [2.24, 2.45) is 5.41 Å². The van der Waals surface area contributed by atoms with Crippen molar-refractivity contribution in [3.63, 3.8) is 0 Å². The average Bonchev–Trinajstić information content (AvgIpc) is 2.38. The summed E-state index contributed by atoms with van der Waals surface area (Å²) in [4.78, 5) is 2.37. The smallest absolute Gasteiger partial charge is 0.0991 e. The molecular formula is C16H22N2. The molecule has 1 saturated carbocycles. The summed E-state index contributed by atoms with van der Waals surface area (Å²) in [5.74, 6) is 0. The molecule has 0 aliphatic heterocycles. The normalized spacial score (nSPS) is 19.2. The van der Waals surface area contributed by atoms with Crippen LogP contribution in [-0.2, 0) is 0 Å². The highest BCUT2D eigenvalue weighted by atomic mass is 15.1. The van der Waals surface area contributed by atoms with Gasteiger partial charge in [-0.2, -0.15) is 5.26 Å². The van der Waals surface area contributed by atoms with Crippen molar-refractivity contribution in [1.82, 2.24) is 0 Å². The van der Waals surface area contributed by atoms with Crippen molar-refractivity contribution < 1.29 is 0 Å². The van der Waals surface area contributed by atoms with E-state index < -0.39 is 0 Å². The van der Waals surface area contributed by atoms with Crippen LogP contribution in [-0.4, -0.2) is 13.1 Å². The lowest BCUT2D eigenvalue weighted by Gasteiger charge is -2.39.